The first-order chi connectivity index (χ1) is 13.0. The number of amides is 2. The number of methoxy groups -OCH3 is 1. The molecule has 1 atom stereocenters. The van der Waals surface area contributed by atoms with Gasteiger partial charge < -0.3 is 15.0 Å². The lowest BCUT2D eigenvalue weighted by atomic mass is 10.1. The molecule has 1 N–H and O–H groups in total. The van der Waals surface area contributed by atoms with Gasteiger partial charge in [-0.05, 0) is 36.2 Å². The lowest BCUT2D eigenvalue weighted by Crippen LogP contribution is -2.37. The number of hydrogen-bond donors (Lipinski definition) is 1. The van der Waals surface area contributed by atoms with Crippen molar-refractivity contribution in [1.29, 1.82) is 0 Å². The molecule has 1 heterocycles. The van der Waals surface area contributed by atoms with Crippen molar-refractivity contribution in [3.05, 3.63) is 64.4 Å². The summed E-state index contributed by atoms with van der Waals surface area (Å²) in [5.41, 5.74) is 1.16. The van der Waals surface area contributed by atoms with E-state index in [2.05, 4.69) is 5.32 Å². The van der Waals surface area contributed by atoms with Crippen molar-refractivity contribution < 1.29 is 18.7 Å². The second-order valence-electron chi connectivity index (χ2n) is 6.41. The summed E-state index contributed by atoms with van der Waals surface area (Å²) in [6, 6.07) is 11.4. The molecular weight excluding hydrogens is 371 g/mol. The number of carbonyl (C=O) groups is 2. The van der Waals surface area contributed by atoms with Gasteiger partial charge in [0.15, 0.2) is 11.6 Å². The van der Waals surface area contributed by atoms with Gasteiger partial charge in [0.05, 0.1) is 18.7 Å². The van der Waals surface area contributed by atoms with E-state index < -0.39 is 11.7 Å². The predicted octanol–water partition coefficient (Wildman–Crippen LogP) is 3.06. The van der Waals surface area contributed by atoms with Crippen LogP contribution in [0.15, 0.2) is 42.5 Å². The zero-order chi connectivity index (χ0) is 19.4. The molecule has 0 saturated carbocycles. The van der Waals surface area contributed by atoms with Gasteiger partial charge in [0.2, 0.25) is 5.91 Å². The van der Waals surface area contributed by atoms with Crippen molar-refractivity contribution in [3.63, 3.8) is 0 Å². The summed E-state index contributed by atoms with van der Waals surface area (Å²) in [6.07, 6.45) is 0.906. The number of rotatable bonds is 6. The first kappa shape index (κ1) is 19.2. The van der Waals surface area contributed by atoms with Crippen molar-refractivity contribution in [2.75, 3.05) is 20.2 Å². The van der Waals surface area contributed by atoms with Crippen molar-refractivity contribution in [1.82, 2.24) is 10.2 Å². The molecule has 0 spiro atoms. The Morgan fingerprint density at radius 3 is 2.85 bits per heavy atom. The van der Waals surface area contributed by atoms with Crippen LogP contribution in [0.1, 0.15) is 22.3 Å². The molecule has 2 aromatic rings. The Morgan fingerprint density at radius 2 is 2.11 bits per heavy atom. The van der Waals surface area contributed by atoms with E-state index in [1.54, 1.807) is 11.0 Å². The quantitative estimate of drug-likeness (QED) is 0.824. The maximum absolute atomic E-state index is 13.8. The first-order valence-electron chi connectivity index (χ1n) is 8.63. The van der Waals surface area contributed by atoms with Gasteiger partial charge in [-0.15, -0.1) is 0 Å². The third-order valence-corrected chi connectivity index (χ3v) is 4.76. The standard InChI is InChI=1S/C20H20ClFN2O3/c1-27-19-16(6-3-7-17(19)22)20(26)23-15-11-18(25)24(12-15)9-8-13-4-2-5-14(21)10-13/h2-7,10,15H,8-9,11-12H2,1H3,(H,23,26)/t15-/m0/s1. The van der Waals surface area contributed by atoms with Gasteiger partial charge in [0.1, 0.15) is 0 Å². The number of hydrogen-bond acceptors (Lipinski definition) is 3. The van der Waals surface area contributed by atoms with Crippen LogP contribution < -0.4 is 10.1 Å². The van der Waals surface area contributed by atoms with Crippen molar-refractivity contribution >= 4 is 23.4 Å². The number of nitrogens with zero attached hydrogens (tertiary/aromatic N) is 1. The van der Waals surface area contributed by atoms with Gasteiger partial charge in [-0.1, -0.05) is 29.8 Å². The smallest absolute Gasteiger partial charge is 0.255 e. The van der Waals surface area contributed by atoms with E-state index in [4.69, 9.17) is 16.3 Å². The second-order valence-corrected chi connectivity index (χ2v) is 6.85. The Morgan fingerprint density at radius 1 is 1.33 bits per heavy atom. The molecule has 2 amide bonds. The van der Waals surface area contributed by atoms with E-state index in [0.29, 0.717) is 24.5 Å². The Labute approximate surface area is 162 Å². The zero-order valence-corrected chi connectivity index (χ0v) is 15.6. The van der Waals surface area contributed by atoms with Crippen LogP contribution in [0.25, 0.3) is 0 Å². The number of likely N-dealkylation sites (tertiary alicyclic amines) is 1. The zero-order valence-electron chi connectivity index (χ0n) is 14.9. The molecule has 1 fully saturated rings. The van der Waals surface area contributed by atoms with Crippen molar-refractivity contribution in [3.8, 4) is 5.75 Å². The van der Waals surface area contributed by atoms with Gasteiger partial charge >= 0.3 is 0 Å². The number of ether oxygens (including phenoxy) is 1. The highest BCUT2D eigenvalue weighted by Crippen LogP contribution is 2.23. The van der Waals surface area contributed by atoms with E-state index in [1.165, 1.54) is 25.3 Å². The Balaban J connectivity index is 1.59. The number of carbonyl (C=O) groups excluding carboxylic acids is 2. The lowest BCUT2D eigenvalue weighted by molar-refractivity contribution is -0.127. The first-order valence-corrected chi connectivity index (χ1v) is 9.01. The summed E-state index contributed by atoms with van der Waals surface area (Å²) in [5, 5.41) is 3.46. The maximum Gasteiger partial charge on any atom is 0.255 e. The van der Waals surface area contributed by atoms with E-state index in [9.17, 15) is 14.0 Å². The highest BCUT2D eigenvalue weighted by atomic mass is 35.5. The van der Waals surface area contributed by atoms with Crippen LogP contribution in [0.5, 0.6) is 5.75 Å². The summed E-state index contributed by atoms with van der Waals surface area (Å²) in [6.45, 7) is 0.970. The number of para-hydroxylation sites is 1. The molecule has 1 aliphatic heterocycles. The maximum atomic E-state index is 13.8. The minimum absolute atomic E-state index is 0.0199. The Kier molecular flexibility index (Phi) is 5.96. The minimum Gasteiger partial charge on any atom is -0.493 e. The van der Waals surface area contributed by atoms with Crippen LogP contribution in [0.4, 0.5) is 4.39 Å². The summed E-state index contributed by atoms with van der Waals surface area (Å²) < 4.78 is 18.7. The van der Waals surface area contributed by atoms with E-state index >= 15 is 0 Å². The molecule has 1 aliphatic rings. The van der Waals surface area contributed by atoms with E-state index in [-0.39, 0.29) is 29.7 Å². The average Bonchev–Trinajstić information content (AvgIpc) is 2.99. The summed E-state index contributed by atoms with van der Waals surface area (Å²) in [4.78, 5) is 26.4. The summed E-state index contributed by atoms with van der Waals surface area (Å²) >= 11 is 5.98. The third kappa shape index (κ3) is 4.57. The van der Waals surface area contributed by atoms with Gasteiger partial charge in [0.25, 0.3) is 5.91 Å². The molecule has 1 saturated heterocycles. The van der Waals surface area contributed by atoms with Crippen molar-refractivity contribution in [2.24, 2.45) is 0 Å². The molecular formula is C20H20ClFN2O3. The van der Waals surface area contributed by atoms with Gasteiger partial charge in [0, 0.05) is 24.5 Å². The number of nitrogens with one attached hydrogen (secondary N) is 1. The SMILES string of the molecule is COc1c(F)cccc1C(=O)N[C@H]1CC(=O)N(CCc2cccc(Cl)c2)C1. The average molecular weight is 391 g/mol. The van der Waals surface area contributed by atoms with Crippen LogP contribution in [-0.4, -0.2) is 43.0 Å². The Bertz CT molecular complexity index is 859. The highest BCUT2D eigenvalue weighted by Gasteiger charge is 2.31. The molecule has 142 valence electrons. The van der Waals surface area contributed by atoms with Gasteiger partial charge in [-0.3, -0.25) is 9.59 Å². The molecule has 0 radical (unpaired) electrons. The molecule has 2 aromatic carbocycles. The fourth-order valence-corrected chi connectivity index (χ4v) is 3.41. The fraction of sp³-hybridized carbons (Fsp3) is 0.300. The molecule has 0 aliphatic carbocycles. The van der Waals surface area contributed by atoms with Crippen LogP contribution in [0.3, 0.4) is 0 Å². The molecule has 3 rings (SSSR count). The normalized spacial score (nSPS) is 16.5. The number of benzene rings is 2. The highest BCUT2D eigenvalue weighted by molar-refractivity contribution is 6.30. The van der Waals surface area contributed by atoms with Gasteiger partial charge in [-0.25, -0.2) is 4.39 Å². The molecule has 5 nitrogen and oxygen atoms in total. The minimum atomic E-state index is -0.601. The van der Waals surface area contributed by atoms with Crippen LogP contribution in [0, 0.1) is 5.82 Å². The second kappa shape index (κ2) is 8.39. The molecule has 0 aromatic heterocycles. The Hall–Kier alpha value is -2.60. The van der Waals surface area contributed by atoms with Crippen LogP contribution >= 0.6 is 11.6 Å². The molecule has 7 heteroatoms. The molecule has 0 bridgehead atoms. The molecule has 27 heavy (non-hydrogen) atoms. The van der Waals surface area contributed by atoms with Crippen LogP contribution in [0.2, 0.25) is 5.02 Å². The monoisotopic (exact) mass is 390 g/mol. The topological polar surface area (TPSA) is 58.6 Å². The third-order valence-electron chi connectivity index (χ3n) is 4.52. The van der Waals surface area contributed by atoms with Gasteiger partial charge in [-0.2, -0.15) is 0 Å². The predicted molar refractivity (Wildman–Crippen MR) is 101 cm³/mol. The number of halogens is 2. The summed E-state index contributed by atoms with van der Waals surface area (Å²) in [7, 11) is 1.31. The largest absolute Gasteiger partial charge is 0.493 e. The van der Waals surface area contributed by atoms with Crippen LogP contribution in [-0.2, 0) is 11.2 Å². The summed E-state index contributed by atoms with van der Waals surface area (Å²) in [5.74, 6) is -1.18. The van der Waals surface area contributed by atoms with E-state index in [1.807, 2.05) is 18.2 Å². The van der Waals surface area contributed by atoms with Crippen molar-refractivity contribution in [2.45, 2.75) is 18.9 Å². The lowest BCUT2D eigenvalue weighted by Gasteiger charge is -2.17. The fourth-order valence-electron chi connectivity index (χ4n) is 3.20. The van der Waals surface area contributed by atoms with E-state index in [0.717, 1.165) is 5.56 Å². The molecule has 0 unspecified atom stereocenters.